The third-order valence-electron chi connectivity index (χ3n) is 4.50. The van der Waals surface area contributed by atoms with E-state index in [9.17, 15) is 18.0 Å². The molecule has 0 spiro atoms. The quantitative estimate of drug-likeness (QED) is 0.483. The van der Waals surface area contributed by atoms with E-state index in [0.29, 0.717) is 25.7 Å². The maximum absolute atomic E-state index is 13.2. The molecule has 1 aromatic heterocycles. The van der Waals surface area contributed by atoms with Gasteiger partial charge in [-0.3, -0.25) is 4.79 Å². The van der Waals surface area contributed by atoms with E-state index in [1.807, 2.05) is 71.0 Å². The average molecular weight is 428 g/mol. The largest absolute Gasteiger partial charge is 0.308 e. The van der Waals surface area contributed by atoms with Gasteiger partial charge in [0.1, 0.15) is 5.67 Å². The van der Waals surface area contributed by atoms with Crippen molar-refractivity contribution in [1.29, 1.82) is 0 Å². The molecule has 0 saturated carbocycles. The lowest BCUT2D eigenvalue weighted by Gasteiger charge is -2.13. The molecule has 7 heteroatoms. The van der Waals surface area contributed by atoms with Crippen LogP contribution < -0.4 is 0 Å². The van der Waals surface area contributed by atoms with E-state index in [-0.39, 0.29) is 30.4 Å². The Kier molecular flexibility index (Phi) is 12.9. The number of aryl methyl sites for hydroxylation is 1. The van der Waals surface area contributed by atoms with Crippen molar-refractivity contribution in [1.82, 2.24) is 14.8 Å². The van der Waals surface area contributed by atoms with Crippen LogP contribution in [0, 0.1) is 0 Å². The predicted octanol–water partition coefficient (Wildman–Crippen LogP) is 7.00. The number of hydrogen-bond donors (Lipinski definition) is 0. The van der Waals surface area contributed by atoms with E-state index >= 15 is 0 Å². The minimum atomic E-state index is -2.93. The summed E-state index contributed by atoms with van der Waals surface area (Å²) in [7, 11) is 0. The molecule has 170 valence electrons. The molecule has 0 radical (unpaired) electrons. The number of benzene rings is 1. The monoisotopic (exact) mass is 427 g/mol. The van der Waals surface area contributed by atoms with Crippen molar-refractivity contribution < 1.29 is 18.0 Å². The van der Waals surface area contributed by atoms with E-state index < -0.39 is 11.6 Å². The van der Waals surface area contributed by atoms with Crippen LogP contribution in [0.25, 0.3) is 0 Å². The number of aromatic nitrogens is 3. The van der Waals surface area contributed by atoms with Crippen LogP contribution >= 0.6 is 0 Å². The Bertz CT molecular complexity index is 683. The van der Waals surface area contributed by atoms with Crippen LogP contribution in [0.1, 0.15) is 90.1 Å². The first-order chi connectivity index (χ1) is 14.2. The number of fused-ring (bicyclic) bond motifs is 1. The summed E-state index contributed by atoms with van der Waals surface area (Å²) in [4.78, 5) is 15.0. The van der Waals surface area contributed by atoms with Gasteiger partial charge in [0, 0.05) is 19.4 Å². The normalized spacial score (nSPS) is 13.5. The van der Waals surface area contributed by atoms with Gasteiger partial charge in [0.2, 0.25) is 11.6 Å². The van der Waals surface area contributed by atoms with E-state index in [0.717, 1.165) is 4.68 Å². The summed E-state index contributed by atoms with van der Waals surface area (Å²) in [5.41, 5.74) is -0.917. The van der Waals surface area contributed by atoms with Crippen molar-refractivity contribution >= 4 is 5.78 Å². The average Bonchev–Trinajstić information content (AvgIpc) is 3.33. The van der Waals surface area contributed by atoms with Crippen molar-refractivity contribution in [3.05, 3.63) is 48.0 Å². The number of carbonyl (C=O) groups is 1. The Balaban J connectivity index is 0.000000468. The molecule has 0 saturated heterocycles. The zero-order valence-corrected chi connectivity index (χ0v) is 19.1. The Morgan fingerprint density at radius 3 is 1.87 bits per heavy atom. The number of alkyl halides is 3. The molecule has 1 aromatic carbocycles. The SMILES string of the molecule is CC.CCC(C)(F)CC.CCCC(=O)c1nc2n(n1)CCC2(F)F.c1ccccc1. The van der Waals surface area contributed by atoms with Crippen LogP contribution in [-0.2, 0) is 12.5 Å². The maximum atomic E-state index is 13.2. The molecule has 0 aliphatic carbocycles. The first kappa shape index (κ1) is 27.8. The molecule has 0 atom stereocenters. The van der Waals surface area contributed by atoms with Crippen LogP contribution in [0.4, 0.5) is 13.2 Å². The van der Waals surface area contributed by atoms with Gasteiger partial charge in [-0.05, 0) is 26.2 Å². The summed E-state index contributed by atoms with van der Waals surface area (Å²) < 4.78 is 40.0. The molecule has 2 heterocycles. The van der Waals surface area contributed by atoms with Gasteiger partial charge in [-0.1, -0.05) is 71.0 Å². The minimum Gasteiger partial charge on any atom is -0.291 e. The molecular formula is C23H36F3N3O. The summed E-state index contributed by atoms with van der Waals surface area (Å²) in [5, 5.41) is 3.78. The lowest BCUT2D eigenvalue weighted by atomic mass is 10.0. The topological polar surface area (TPSA) is 47.8 Å². The molecule has 0 N–H and O–H groups in total. The molecule has 30 heavy (non-hydrogen) atoms. The molecule has 1 aliphatic rings. The molecule has 0 amide bonds. The van der Waals surface area contributed by atoms with Crippen molar-refractivity contribution in [2.24, 2.45) is 0 Å². The number of ketones is 1. The Morgan fingerprint density at radius 1 is 1.07 bits per heavy atom. The van der Waals surface area contributed by atoms with Crippen molar-refractivity contribution in [2.75, 3.05) is 0 Å². The number of halogens is 3. The van der Waals surface area contributed by atoms with Crippen molar-refractivity contribution in [3.8, 4) is 0 Å². The summed E-state index contributed by atoms with van der Waals surface area (Å²) in [5.74, 6) is -3.65. The number of rotatable bonds is 5. The fraction of sp³-hybridized carbons (Fsp3) is 0.609. The second-order valence-corrected chi connectivity index (χ2v) is 6.88. The first-order valence-corrected chi connectivity index (χ1v) is 10.7. The van der Waals surface area contributed by atoms with Gasteiger partial charge in [0.15, 0.2) is 5.82 Å². The van der Waals surface area contributed by atoms with Crippen LogP contribution in [0.3, 0.4) is 0 Å². The predicted molar refractivity (Wildman–Crippen MR) is 116 cm³/mol. The standard InChI is InChI=1S/C9H11F2N3O.C6H13F.C6H6.C2H6/c1-2-3-6(15)7-12-8-9(10,11)4-5-14(8)13-7;1-4-6(3,7)5-2;1-2-4-6-5-3-1;1-2/h2-5H2,1H3;4-5H2,1-3H3;1-6H;1-2H3. The van der Waals surface area contributed by atoms with Crippen molar-refractivity contribution in [3.63, 3.8) is 0 Å². The van der Waals surface area contributed by atoms with E-state index in [1.54, 1.807) is 6.92 Å². The molecule has 3 rings (SSSR count). The van der Waals surface area contributed by atoms with Crippen molar-refractivity contribution in [2.45, 2.75) is 91.8 Å². The zero-order chi connectivity index (χ0) is 23.2. The van der Waals surface area contributed by atoms with Crippen LogP contribution in [0.15, 0.2) is 36.4 Å². The third kappa shape index (κ3) is 9.55. The van der Waals surface area contributed by atoms with E-state index in [2.05, 4.69) is 10.1 Å². The minimum absolute atomic E-state index is 0.0776. The first-order valence-electron chi connectivity index (χ1n) is 10.7. The highest BCUT2D eigenvalue weighted by Gasteiger charge is 2.43. The van der Waals surface area contributed by atoms with Gasteiger partial charge < -0.3 is 0 Å². The fourth-order valence-corrected chi connectivity index (χ4v) is 2.22. The molecule has 2 aromatic rings. The van der Waals surface area contributed by atoms with Gasteiger partial charge in [0.05, 0.1) is 0 Å². The second-order valence-electron chi connectivity index (χ2n) is 6.88. The Hall–Kier alpha value is -2.18. The smallest absolute Gasteiger partial charge is 0.291 e. The van der Waals surface area contributed by atoms with Crippen LogP contribution in [-0.4, -0.2) is 26.2 Å². The molecule has 0 unspecified atom stereocenters. The third-order valence-corrected chi connectivity index (χ3v) is 4.50. The summed E-state index contributed by atoms with van der Waals surface area (Å²) in [6.07, 6.45) is 1.95. The second kappa shape index (κ2) is 13.9. The van der Waals surface area contributed by atoms with E-state index in [4.69, 9.17) is 0 Å². The zero-order valence-electron chi connectivity index (χ0n) is 19.1. The van der Waals surface area contributed by atoms with Crippen LogP contribution in [0.2, 0.25) is 0 Å². The van der Waals surface area contributed by atoms with E-state index in [1.165, 1.54) is 0 Å². The highest BCUT2D eigenvalue weighted by Crippen LogP contribution is 2.36. The number of nitrogens with zero attached hydrogens (tertiary/aromatic N) is 3. The molecule has 1 aliphatic heterocycles. The Labute approximate surface area is 178 Å². The van der Waals surface area contributed by atoms with Gasteiger partial charge in [0.25, 0.3) is 0 Å². The fourth-order valence-electron chi connectivity index (χ4n) is 2.22. The lowest BCUT2D eigenvalue weighted by Crippen LogP contribution is -2.13. The molecular weight excluding hydrogens is 391 g/mol. The summed E-state index contributed by atoms with van der Waals surface area (Å²) in [6, 6.07) is 12.0. The van der Waals surface area contributed by atoms with Crippen LogP contribution in [0.5, 0.6) is 0 Å². The highest BCUT2D eigenvalue weighted by molar-refractivity contribution is 5.92. The molecule has 4 nitrogen and oxygen atoms in total. The van der Waals surface area contributed by atoms with Gasteiger partial charge in [-0.25, -0.2) is 14.1 Å². The number of Topliss-reactive ketones (excluding diaryl/α,β-unsaturated/α-hetero) is 1. The van der Waals surface area contributed by atoms with Gasteiger partial charge in [-0.15, -0.1) is 5.10 Å². The molecule has 0 fully saturated rings. The highest BCUT2D eigenvalue weighted by atomic mass is 19.3. The lowest BCUT2D eigenvalue weighted by molar-refractivity contribution is -0.00631. The van der Waals surface area contributed by atoms with Gasteiger partial charge >= 0.3 is 5.92 Å². The number of hydrogen-bond acceptors (Lipinski definition) is 3. The molecule has 0 bridgehead atoms. The summed E-state index contributed by atoms with van der Waals surface area (Å²) in [6.45, 7) is 11.3. The number of carbonyl (C=O) groups excluding carboxylic acids is 1. The Morgan fingerprint density at radius 2 is 1.53 bits per heavy atom. The summed E-state index contributed by atoms with van der Waals surface area (Å²) >= 11 is 0. The maximum Gasteiger partial charge on any atom is 0.308 e. The van der Waals surface area contributed by atoms with Gasteiger partial charge in [-0.2, -0.15) is 8.78 Å².